The minimum Gasteiger partial charge on any atom is -0.408 e. The zero-order valence-electron chi connectivity index (χ0n) is 9.56. The van der Waals surface area contributed by atoms with Gasteiger partial charge in [-0.15, -0.1) is 0 Å². The molecule has 1 amide bonds. The summed E-state index contributed by atoms with van der Waals surface area (Å²) < 4.78 is 4.88. The average Bonchev–Trinajstić information content (AvgIpc) is 2.65. The van der Waals surface area contributed by atoms with Crippen LogP contribution >= 0.6 is 0 Å². The molecule has 0 fully saturated rings. The van der Waals surface area contributed by atoms with Crippen molar-refractivity contribution in [3.63, 3.8) is 0 Å². The topological polar surface area (TPSA) is 92.3 Å². The lowest BCUT2D eigenvalue weighted by atomic mass is 10.00. The zero-order chi connectivity index (χ0) is 12.6. The molecule has 0 bridgehead atoms. The van der Waals surface area contributed by atoms with E-state index in [9.17, 15) is 9.59 Å². The summed E-state index contributed by atoms with van der Waals surface area (Å²) in [5, 5.41) is 1.05. The van der Waals surface area contributed by atoms with Crippen LogP contribution in [0.2, 0.25) is 0 Å². The number of nitrogens with one attached hydrogen (secondary N) is 1. The first-order valence-electron chi connectivity index (χ1n) is 5.14. The first-order valence-corrected chi connectivity index (χ1v) is 5.14. The lowest BCUT2D eigenvalue weighted by Crippen LogP contribution is -2.36. The third-order valence-corrected chi connectivity index (χ3v) is 2.66. The highest BCUT2D eigenvalue weighted by Gasteiger charge is 2.18. The van der Waals surface area contributed by atoms with E-state index in [0.29, 0.717) is 11.1 Å². The number of benzene rings is 1. The Morgan fingerprint density at radius 1 is 1.53 bits per heavy atom. The van der Waals surface area contributed by atoms with Crippen LogP contribution in [0.1, 0.15) is 18.4 Å². The maximum absolute atomic E-state index is 11.7. The van der Waals surface area contributed by atoms with Gasteiger partial charge in [-0.2, -0.15) is 0 Å². The minimum atomic E-state index is -0.507. The third kappa shape index (κ3) is 2.07. The number of hydrogen-bond acceptors (Lipinski definition) is 4. The number of oxazole rings is 1. The molecule has 3 N–H and O–H groups in total. The Labute approximate surface area is 97.0 Å². The number of aromatic nitrogens is 1. The Morgan fingerprint density at radius 2 is 2.24 bits per heavy atom. The molecule has 90 valence electrons. The second-order valence-corrected chi connectivity index (χ2v) is 3.94. The van der Waals surface area contributed by atoms with Crippen molar-refractivity contribution in [3.05, 3.63) is 34.3 Å². The average molecular weight is 235 g/mol. The summed E-state index contributed by atoms with van der Waals surface area (Å²) in [7, 11) is 1.50. The number of hydrogen-bond donors (Lipinski definition) is 2. The first-order chi connectivity index (χ1) is 7.99. The molecule has 1 aromatic heterocycles. The van der Waals surface area contributed by atoms with Crippen LogP contribution in [0, 0.1) is 0 Å². The van der Waals surface area contributed by atoms with Crippen molar-refractivity contribution in [1.29, 1.82) is 0 Å². The zero-order valence-corrected chi connectivity index (χ0v) is 9.56. The highest BCUT2D eigenvalue weighted by molar-refractivity contribution is 5.84. The van der Waals surface area contributed by atoms with E-state index in [0.717, 1.165) is 10.6 Å². The molecule has 0 aliphatic heterocycles. The van der Waals surface area contributed by atoms with Gasteiger partial charge < -0.3 is 4.42 Å². The van der Waals surface area contributed by atoms with Crippen LogP contribution in [0.3, 0.4) is 0 Å². The summed E-state index contributed by atoms with van der Waals surface area (Å²) in [5.41, 5.74) is 1.82. The SMILES string of the molecule is CC(C(=O)N(C)N)c1ccc2oc(=O)[nH]c2c1. The number of nitrogens with zero attached hydrogens (tertiary/aromatic N) is 1. The standard InChI is InChI=1S/C11H13N3O3/c1-6(10(15)14(2)12)7-3-4-9-8(5-7)13-11(16)17-9/h3-6H,12H2,1-2H3,(H,13,16). The molecule has 1 unspecified atom stereocenters. The molecule has 1 atom stereocenters. The summed E-state index contributed by atoms with van der Waals surface area (Å²) in [5.74, 6) is 4.32. The lowest BCUT2D eigenvalue weighted by molar-refractivity contribution is -0.131. The number of carbonyl (C=O) groups excluding carboxylic acids is 1. The number of amides is 1. The number of H-pyrrole nitrogens is 1. The van der Waals surface area contributed by atoms with E-state index >= 15 is 0 Å². The lowest BCUT2D eigenvalue weighted by Gasteiger charge is -2.16. The van der Waals surface area contributed by atoms with Crippen LogP contribution in [-0.4, -0.2) is 22.9 Å². The molecule has 2 aromatic rings. The number of rotatable bonds is 2. The molecule has 0 aliphatic carbocycles. The maximum atomic E-state index is 11.7. The van der Waals surface area contributed by atoms with Crippen LogP contribution in [0.25, 0.3) is 11.1 Å². The number of hydrazine groups is 1. The fraction of sp³-hybridized carbons (Fsp3) is 0.273. The van der Waals surface area contributed by atoms with Gasteiger partial charge in [0, 0.05) is 7.05 Å². The summed E-state index contributed by atoms with van der Waals surface area (Å²) in [4.78, 5) is 25.2. The number of aromatic amines is 1. The Morgan fingerprint density at radius 3 is 2.88 bits per heavy atom. The molecule has 0 saturated carbocycles. The smallest absolute Gasteiger partial charge is 0.408 e. The Kier molecular flexibility index (Phi) is 2.72. The predicted octanol–water partition coefficient (Wildman–Crippen LogP) is 0.557. The van der Waals surface area contributed by atoms with Crippen molar-refractivity contribution in [3.8, 4) is 0 Å². The van der Waals surface area contributed by atoms with Crippen LogP contribution in [0.15, 0.2) is 27.4 Å². The van der Waals surface area contributed by atoms with Crippen molar-refractivity contribution in [2.24, 2.45) is 5.84 Å². The molecule has 0 aliphatic rings. The van der Waals surface area contributed by atoms with E-state index in [2.05, 4.69) is 4.98 Å². The summed E-state index contributed by atoms with van der Waals surface area (Å²) in [6.07, 6.45) is 0. The molecule has 17 heavy (non-hydrogen) atoms. The van der Waals surface area contributed by atoms with Gasteiger partial charge in [-0.05, 0) is 24.6 Å². The normalized spacial score (nSPS) is 12.6. The number of fused-ring (bicyclic) bond motifs is 1. The van der Waals surface area contributed by atoms with Gasteiger partial charge in [-0.25, -0.2) is 10.6 Å². The van der Waals surface area contributed by atoms with Crippen LogP contribution in [-0.2, 0) is 4.79 Å². The molecule has 1 aromatic carbocycles. The number of likely N-dealkylation sites (N-methyl/N-ethyl adjacent to an activating group) is 1. The number of nitrogens with two attached hydrogens (primary N) is 1. The summed E-state index contributed by atoms with van der Waals surface area (Å²) >= 11 is 0. The summed E-state index contributed by atoms with van der Waals surface area (Å²) in [6.45, 7) is 1.76. The molecule has 2 rings (SSSR count). The Bertz CT molecular complexity index is 612. The molecule has 6 heteroatoms. The van der Waals surface area contributed by atoms with E-state index in [1.807, 2.05) is 0 Å². The van der Waals surface area contributed by atoms with Crippen molar-refractivity contribution in [2.45, 2.75) is 12.8 Å². The maximum Gasteiger partial charge on any atom is 0.417 e. The van der Waals surface area contributed by atoms with Gasteiger partial charge in [-0.1, -0.05) is 6.07 Å². The summed E-state index contributed by atoms with van der Waals surface area (Å²) in [6, 6.07) is 5.11. The van der Waals surface area contributed by atoms with Crippen LogP contribution < -0.4 is 11.6 Å². The monoisotopic (exact) mass is 235 g/mol. The van der Waals surface area contributed by atoms with E-state index < -0.39 is 5.76 Å². The van der Waals surface area contributed by atoms with E-state index in [1.165, 1.54) is 7.05 Å². The van der Waals surface area contributed by atoms with Gasteiger partial charge in [0.1, 0.15) is 0 Å². The second kappa shape index (κ2) is 4.06. The fourth-order valence-corrected chi connectivity index (χ4v) is 1.69. The van der Waals surface area contributed by atoms with Gasteiger partial charge in [0.05, 0.1) is 11.4 Å². The molecule has 0 spiro atoms. The minimum absolute atomic E-state index is 0.199. The largest absolute Gasteiger partial charge is 0.417 e. The van der Waals surface area contributed by atoms with Gasteiger partial charge >= 0.3 is 5.76 Å². The fourth-order valence-electron chi connectivity index (χ4n) is 1.69. The molecule has 0 saturated heterocycles. The highest BCUT2D eigenvalue weighted by Crippen LogP contribution is 2.20. The Hall–Kier alpha value is -2.08. The van der Waals surface area contributed by atoms with Crippen molar-refractivity contribution < 1.29 is 9.21 Å². The van der Waals surface area contributed by atoms with Gasteiger partial charge in [0.2, 0.25) is 5.91 Å². The van der Waals surface area contributed by atoms with E-state index in [4.69, 9.17) is 10.3 Å². The van der Waals surface area contributed by atoms with Crippen molar-refractivity contribution >= 4 is 17.0 Å². The van der Waals surface area contributed by atoms with Gasteiger partial charge in [0.15, 0.2) is 5.58 Å². The molecule has 6 nitrogen and oxygen atoms in total. The molecule has 1 heterocycles. The second-order valence-electron chi connectivity index (χ2n) is 3.94. The van der Waals surface area contributed by atoms with Crippen molar-refractivity contribution in [2.75, 3.05) is 7.05 Å². The first kappa shape index (κ1) is 11.4. The van der Waals surface area contributed by atoms with E-state index in [-0.39, 0.29) is 11.8 Å². The molecular formula is C11H13N3O3. The van der Waals surface area contributed by atoms with Crippen LogP contribution in [0.4, 0.5) is 0 Å². The predicted molar refractivity (Wildman–Crippen MR) is 62.2 cm³/mol. The van der Waals surface area contributed by atoms with Crippen LogP contribution in [0.5, 0.6) is 0 Å². The van der Waals surface area contributed by atoms with E-state index in [1.54, 1.807) is 25.1 Å². The molecule has 0 radical (unpaired) electrons. The molecular weight excluding hydrogens is 222 g/mol. The quantitative estimate of drug-likeness (QED) is 0.452. The van der Waals surface area contributed by atoms with Crippen molar-refractivity contribution in [1.82, 2.24) is 9.99 Å². The highest BCUT2D eigenvalue weighted by atomic mass is 16.4. The third-order valence-electron chi connectivity index (χ3n) is 2.66. The number of carbonyl (C=O) groups is 1. The van der Waals surface area contributed by atoms with Gasteiger partial charge in [0.25, 0.3) is 0 Å². The van der Waals surface area contributed by atoms with Gasteiger partial charge in [-0.3, -0.25) is 14.8 Å². The Balaban J connectivity index is 2.42.